The van der Waals surface area contributed by atoms with E-state index in [-0.39, 0.29) is 5.97 Å². The van der Waals surface area contributed by atoms with E-state index in [0.717, 1.165) is 24.0 Å². The van der Waals surface area contributed by atoms with Gasteiger partial charge in [-0.15, -0.1) is 5.73 Å². The molecule has 1 rings (SSSR count). The maximum atomic E-state index is 11.3. The van der Waals surface area contributed by atoms with Crippen LogP contribution < -0.4 is 0 Å². The smallest absolute Gasteiger partial charge is 0.303 e. The van der Waals surface area contributed by atoms with Crippen molar-refractivity contribution in [1.82, 2.24) is 0 Å². The van der Waals surface area contributed by atoms with Crippen LogP contribution in [0.3, 0.4) is 0 Å². The van der Waals surface area contributed by atoms with E-state index in [9.17, 15) is 4.79 Å². The van der Waals surface area contributed by atoms with Gasteiger partial charge in [-0.1, -0.05) is 39.2 Å². The molecule has 0 saturated heterocycles. The lowest BCUT2D eigenvalue weighted by molar-refractivity contribution is -0.145. The topological polar surface area (TPSA) is 39.4 Å². The van der Waals surface area contributed by atoms with Gasteiger partial charge in [0.2, 0.25) is 0 Å². The highest BCUT2D eigenvalue weighted by Gasteiger charge is 2.20. The fourth-order valence-electron chi connectivity index (χ4n) is 2.16. The number of carbonyl (C=O) groups excluding carboxylic acids is 1. The summed E-state index contributed by atoms with van der Waals surface area (Å²) < 4.78 is 10.5. The van der Waals surface area contributed by atoms with E-state index >= 15 is 0 Å². The Morgan fingerprint density at radius 3 is 2.70 bits per heavy atom. The van der Waals surface area contributed by atoms with Gasteiger partial charge in [-0.25, -0.2) is 0 Å². The average molecular weight is 276 g/mol. The molecule has 1 heterocycles. The standard InChI is InChI=1S/C17H24O3/c1-4-6-7-8-9-10-15(5-2)17(20-14(3)18)16-11-12-19-13-16/h11-13,17H,2,4,6-10H2,1,3H3. The van der Waals surface area contributed by atoms with E-state index < -0.39 is 6.10 Å². The van der Waals surface area contributed by atoms with Gasteiger partial charge in [0.1, 0.15) is 0 Å². The maximum absolute atomic E-state index is 11.3. The number of carbonyl (C=O) groups is 1. The molecule has 0 radical (unpaired) electrons. The molecule has 1 aromatic heterocycles. The summed E-state index contributed by atoms with van der Waals surface area (Å²) in [6.45, 7) is 7.34. The summed E-state index contributed by atoms with van der Waals surface area (Å²) in [5.74, 6) is -0.310. The van der Waals surface area contributed by atoms with Gasteiger partial charge in [0.05, 0.1) is 12.5 Å². The summed E-state index contributed by atoms with van der Waals surface area (Å²) in [6, 6.07) is 1.81. The Labute approximate surface area is 121 Å². The van der Waals surface area contributed by atoms with Gasteiger partial charge in [-0.3, -0.25) is 4.79 Å². The molecule has 3 nitrogen and oxygen atoms in total. The molecule has 110 valence electrons. The third kappa shape index (κ3) is 5.50. The van der Waals surface area contributed by atoms with E-state index in [1.54, 1.807) is 12.5 Å². The second kappa shape index (κ2) is 9.22. The Morgan fingerprint density at radius 1 is 1.40 bits per heavy atom. The van der Waals surface area contributed by atoms with Crippen molar-refractivity contribution < 1.29 is 13.9 Å². The highest BCUT2D eigenvalue weighted by atomic mass is 16.5. The average Bonchev–Trinajstić information content (AvgIpc) is 2.94. The first-order valence-electron chi connectivity index (χ1n) is 7.27. The van der Waals surface area contributed by atoms with E-state index in [1.165, 1.54) is 32.6 Å². The van der Waals surface area contributed by atoms with Crippen molar-refractivity contribution in [1.29, 1.82) is 0 Å². The second-order valence-corrected chi connectivity index (χ2v) is 4.91. The first-order chi connectivity index (χ1) is 9.69. The second-order valence-electron chi connectivity index (χ2n) is 4.91. The Bertz CT molecular complexity index is 439. The molecule has 20 heavy (non-hydrogen) atoms. The van der Waals surface area contributed by atoms with Crippen molar-refractivity contribution in [3.8, 4) is 0 Å². The zero-order valence-corrected chi connectivity index (χ0v) is 12.5. The van der Waals surface area contributed by atoms with E-state index in [4.69, 9.17) is 9.15 Å². The Balaban J connectivity index is 2.63. The minimum absolute atomic E-state index is 0.310. The molecule has 0 spiro atoms. The van der Waals surface area contributed by atoms with Crippen LogP contribution in [0.2, 0.25) is 0 Å². The van der Waals surface area contributed by atoms with Crippen molar-refractivity contribution in [3.63, 3.8) is 0 Å². The Kier molecular flexibility index (Phi) is 7.52. The zero-order chi connectivity index (χ0) is 14.8. The van der Waals surface area contributed by atoms with Crippen LogP contribution in [0, 0.1) is 0 Å². The van der Waals surface area contributed by atoms with Crippen LogP contribution in [-0.4, -0.2) is 5.97 Å². The van der Waals surface area contributed by atoms with Crippen molar-refractivity contribution in [2.24, 2.45) is 0 Å². The molecule has 0 aliphatic carbocycles. The minimum Gasteiger partial charge on any atom is -0.472 e. The van der Waals surface area contributed by atoms with Gasteiger partial charge in [0, 0.05) is 18.1 Å². The number of esters is 1. The van der Waals surface area contributed by atoms with Crippen LogP contribution in [0.5, 0.6) is 0 Å². The van der Waals surface area contributed by atoms with E-state index in [0.29, 0.717) is 0 Å². The predicted octanol–water partition coefficient (Wildman–Crippen LogP) is 4.96. The molecule has 1 atom stereocenters. The molecule has 0 amide bonds. The normalized spacial score (nSPS) is 11.7. The number of hydrogen-bond donors (Lipinski definition) is 0. The molecule has 0 aromatic carbocycles. The summed E-state index contributed by atoms with van der Waals surface area (Å²) >= 11 is 0. The number of hydrogen-bond acceptors (Lipinski definition) is 3. The van der Waals surface area contributed by atoms with Crippen LogP contribution in [0.4, 0.5) is 0 Å². The Morgan fingerprint density at radius 2 is 2.15 bits per heavy atom. The fourth-order valence-corrected chi connectivity index (χ4v) is 2.16. The van der Waals surface area contributed by atoms with Crippen molar-refractivity contribution in [2.45, 2.75) is 58.5 Å². The molecular weight excluding hydrogens is 252 g/mol. The largest absolute Gasteiger partial charge is 0.472 e. The highest BCUT2D eigenvalue weighted by molar-refractivity contribution is 5.66. The molecule has 0 aliphatic rings. The number of furan rings is 1. The zero-order valence-electron chi connectivity index (χ0n) is 12.5. The molecule has 1 aromatic rings. The van der Waals surface area contributed by atoms with Crippen molar-refractivity contribution in [3.05, 3.63) is 42.0 Å². The lowest BCUT2D eigenvalue weighted by Crippen LogP contribution is -2.10. The van der Waals surface area contributed by atoms with Gasteiger partial charge >= 0.3 is 5.97 Å². The molecule has 0 fully saturated rings. The van der Waals surface area contributed by atoms with Crippen molar-refractivity contribution in [2.75, 3.05) is 0 Å². The monoisotopic (exact) mass is 276 g/mol. The fraction of sp³-hybridized carbons (Fsp3) is 0.529. The van der Waals surface area contributed by atoms with Crippen LogP contribution in [0.15, 0.2) is 40.9 Å². The third-order valence-corrected chi connectivity index (χ3v) is 3.22. The summed E-state index contributed by atoms with van der Waals surface area (Å²) in [6.07, 6.45) is 9.58. The van der Waals surface area contributed by atoms with E-state index in [2.05, 4.69) is 19.2 Å². The summed E-state index contributed by atoms with van der Waals surface area (Å²) in [7, 11) is 0. The van der Waals surface area contributed by atoms with E-state index in [1.807, 2.05) is 6.07 Å². The van der Waals surface area contributed by atoms with Crippen LogP contribution in [0.25, 0.3) is 0 Å². The lowest BCUT2D eigenvalue weighted by Gasteiger charge is -2.17. The van der Waals surface area contributed by atoms with Crippen LogP contribution in [-0.2, 0) is 9.53 Å². The maximum Gasteiger partial charge on any atom is 0.303 e. The summed E-state index contributed by atoms with van der Waals surface area (Å²) in [4.78, 5) is 11.3. The van der Waals surface area contributed by atoms with Gasteiger partial charge in [-0.05, 0) is 18.9 Å². The first kappa shape index (κ1) is 16.3. The number of unbranched alkanes of at least 4 members (excludes halogenated alkanes) is 4. The van der Waals surface area contributed by atoms with Gasteiger partial charge < -0.3 is 9.15 Å². The van der Waals surface area contributed by atoms with Crippen LogP contribution >= 0.6 is 0 Å². The number of rotatable bonds is 9. The highest BCUT2D eigenvalue weighted by Crippen LogP contribution is 2.29. The Hall–Kier alpha value is -1.73. The quantitative estimate of drug-likeness (QED) is 0.364. The third-order valence-electron chi connectivity index (χ3n) is 3.22. The molecule has 0 aliphatic heterocycles. The predicted molar refractivity (Wildman–Crippen MR) is 79.2 cm³/mol. The first-order valence-corrected chi connectivity index (χ1v) is 7.27. The molecule has 0 N–H and O–H groups in total. The summed E-state index contributed by atoms with van der Waals surface area (Å²) in [5.41, 5.74) is 4.68. The van der Waals surface area contributed by atoms with Crippen LogP contribution in [0.1, 0.15) is 64.0 Å². The summed E-state index contributed by atoms with van der Waals surface area (Å²) in [5, 5.41) is 0. The van der Waals surface area contributed by atoms with Gasteiger partial charge in [0.25, 0.3) is 0 Å². The molecule has 1 unspecified atom stereocenters. The number of ether oxygens (including phenoxy) is 1. The molecule has 3 heteroatoms. The SMILES string of the molecule is C=C=C(CCCCCCC)C(OC(C)=O)c1ccoc1. The molecular formula is C17H24O3. The molecule has 0 bridgehead atoms. The molecule has 0 saturated carbocycles. The lowest BCUT2D eigenvalue weighted by atomic mass is 9.98. The van der Waals surface area contributed by atoms with Gasteiger partial charge in [0.15, 0.2) is 6.10 Å². The van der Waals surface area contributed by atoms with Gasteiger partial charge in [-0.2, -0.15) is 0 Å². The minimum atomic E-state index is -0.421. The van der Waals surface area contributed by atoms with Crippen molar-refractivity contribution >= 4 is 5.97 Å².